The number of carbonyl (C=O) groups excluding carboxylic acids is 2. The van der Waals surface area contributed by atoms with E-state index in [1.54, 1.807) is 23.1 Å². The van der Waals surface area contributed by atoms with E-state index in [0.29, 0.717) is 23.1 Å². The molecule has 0 bridgehead atoms. The molecule has 1 aliphatic rings. The summed E-state index contributed by atoms with van der Waals surface area (Å²) in [5.74, 6) is -0.746. The van der Waals surface area contributed by atoms with Gasteiger partial charge in [-0.3, -0.25) is 4.79 Å². The summed E-state index contributed by atoms with van der Waals surface area (Å²) in [5.41, 5.74) is 4.30. The summed E-state index contributed by atoms with van der Waals surface area (Å²) >= 11 is 3.16. The van der Waals surface area contributed by atoms with Crippen molar-refractivity contribution in [2.45, 2.75) is 19.4 Å². The van der Waals surface area contributed by atoms with Crippen molar-refractivity contribution < 1.29 is 18.7 Å². The van der Waals surface area contributed by atoms with Crippen molar-refractivity contribution in [1.29, 1.82) is 0 Å². The van der Waals surface area contributed by atoms with Crippen molar-refractivity contribution in [3.63, 3.8) is 0 Å². The molecule has 1 aliphatic heterocycles. The Labute approximate surface area is 169 Å². The molecule has 0 spiro atoms. The minimum atomic E-state index is -0.387. The number of esters is 1. The number of nitrogens with one attached hydrogen (secondary N) is 1. The second-order valence-corrected chi connectivity index (χ2v) is 7.68. The Bertz CT molecular complexity index is 1090. The Hall–Kier alpha value is -2.67. The van der Waals surface area contributed by atoms with Crippen molar-refractivity contribution in [3.05, 3.63) is 69.1 Å². The summed E-state index contributed by atoms with van der Waals surface area (Å²) in [6.07, 6.45) is 0.931. The standard InChI is InChI=1S/C21H18BrFN2O3/c1-28-21(27)13-3-5-18-14(10-13)15-11-25(7-6-19(15)24-18)20(26)9-12-2-4-17(23)16(22)8-12/h2-5,8,10,24H,6-7,9,11H2,1H3. The number of halogens is 2. The van der Waals surface area contributed by atoms with Gasteiger partial charge in [0.25, 0.3) is 0 Å². The molecule has 144 valence electrons. The Kier molecular flexibility index (Phi) is 4.93. The van der Waals surface area contributed by atoms with Crippen LogP contribution in [0.4, 0.5) is 4.39 Å². The van der Waals surface area contributed by atoms with Gasteiger partial charge in [-0.25, -0.2) is 9.18 Å². The number of nitrogens with zero attached hydrogens (tertiary/aromatic N) is 1. The van der Waals surface area contributed by atoms with Crippen LogP contribution in [-0.2, 0) is 28.9 Å². The minimum absolute atomic E-state index is 0.0115. The molecule has 0 fully saturated rings. The predicted octanol–water partition coefficient (Wildman–Crippen LogP) is 3.98. The van der Waals surface area contributed by atoms with Gasteiger partial charge >= 0.3 is 5.97 Å². The van der Waals surface area contributed by atoms with E-state index in [1.807, 2.05) is 12.1 Å². The van der Waals surface area contributed by atoms with Crippen LogP contribution in [-0.4, -0.2) is 35.4 Å². The largest absolute Gasteiger partial charge is 0.465 e. The number of aromatic nitrogens is 1. The highest BCUT2D eigenvalue weighted by Gasteiger charge is 2.24. The van der Waals surface area contributed by atoms with Gasteiger partial charge in [0, 0.05) is 41.7 Å². The summed E-state index contributed by atoms with van der Waals surface area (Å²) in [7, 11) is 1.35. The highest BCUT2D eigenvalue weighted by atomic mass is 79.9. The number of methoxy groups -OCH3 is 1. The second-order valence-electron chi connectivity index (χ2n) is 6.82. The smallest absolute Gasteiger partial charge is 0.337 e. The molecule has 0 saturated carbocycles. The van der Waals surface area contributed by atoms with E-state index >= 15 is 0 Å². The molecular formula is C21H18BrFN2O3. The van der Waals surface area contributed by atoms with E-state index in [2.05, 4.69) is 20.9 Å². The fourth-order valence-corrected chi connectivity index (χ4v) is 4.03. The van der Waals surface area contributed by atoms with Gasteiger partial charge < -0.3 is 14.6 Å². The third kappa shape index (κ3) is 3.42. The zero-order chi connectivity index (χ0) is 19.8. The van der Waals surface area contributed by atoms with Gasteiger partial charge in [0.1, 0.15) is 5.82 Å². The summed E-state index contributed by atoms with van der Waals surface area (Å²) in [6.45, 7) is 1.09. The Balaban J connectivity index is 1.58. The van der Waals surface area contributed by atoms with Crippen molar-refractivity contribution in [2.75, 3.05) is 13.7 Å². The van der Waals surface area contributed by atoms with Crippen molar-refractivity contribution in [2.24, 2.45) is 0 Å². The van der Waals surface area contributed by atoms with Gasteiger partial charge in [-0.15, -0.1) is 0 Å². The second kappa shape index (κ2) is 7.39. The van der Waals surface area contributed by atoms with Crippen LogP contribution in [0.1, 0.15) is 27.2 Å². The lowest BCUT2D eigenvalue weighted by molar-refractivity contribution is -0.131. The van der Waals surface area contributed by atoms with Crippen molar-refractivity contribution in [3.8, 4) is 0 Å². The van der Waals surface area contributed by atoms with Crippen LogP contribution in [0.5, 0.6) is 0 Å². The fourth-order valence-electron chi connectivity index (χ4n) is 3.61. The van der Waals surface area contributed by atoms with Gasteiger partial charge in [-0.2, -0.15) is 0 Å². The van der Waals surface area contributed by atoms with Gasteiger partial charge in [-0.1, -0.05) is 6.07 Å². The number of aromatic amines is 1. The molecule has 5 nitrogen and oxygen atoms in total. The molecule has 1 aromatic heterocycles. The summed E-state index contributed by atoms with van der Waals surface area (Å²) in [5, 5.41) is 0.930. The lowest BCUT2D eigenvalue weighted by Crippen LogP contribution is -2.36. The fraction of sp³-hybridized carbons (Fsp3) is 0.238. The first-order valence-electron chi connectivity index (χ1n) is 8.89. The quantitative estimate of drug-likeness (QED) is 0.621. The molecule has 4 rings (SSSR count). The van der Waals surface area contributed by atoms with Crippen LogP contribution in [0.2, 0.25) is 0 Å². The van der Waals surface area contributed by atoms with E-state index in [4.69, 9.17) is 4.74 Å². The molecule has 1 N–H and O–H groups in total. The molecule has 1 amide bonds. The van der Waals surface area contributed by atoms with Crippen LogP contribution in [0.25, 0.3) is 10.9 Å². The summed E-state index contributed by atoms with van der Waals surface area (Å²) < 4.78 is 18.6. The summed E-state index contributed by atoms with van der Waals surface area (Å²) in [6, 6.07) is 10.0. The lowest BCUT2D eigenvalue weighted by atomic mass is 10.0. The summed E-state index contributed by atoms with van der Waals surface area (Å²) in [4.78, 5) is 29.8. The normalized spacial score (nSPS) is 13.5. The molecule has 0 unspecified atom stereocenters. The van der Waals surface area contributed by atoms with E-state index in [0.717, 1.165) is 34.1 Å². The monoisotopic (exact) mass is 444 g/mol. The molecule has 2 aromatic carbocycles. The van der Waals surface area contributed by atoms with Crippen molar-refractivity contribution >= 4 is 38.7 Å². The van der Waals surface area contributed by atoms with Gasteiger partial charge in [0.05, 0.1) is 23.6 Å². The van der Waals surface area contributed by atoms with Crippen molar-refractivity contribution in [1.82, 2.24) is 9.88 Å². The average Bonchev–Trinajstić information content (AvgIpc) is 3.07. The van der Waals surface area contributed by atoms with Gasteiger partial charge in [-0.05, 0) is 51.8 Å². The number of fused-ring (bicyclic) bond motifs is 3. The minimum Gasteiger partial charge on any atom is -0.465 e. The maximum atomic E-state index is 13.4. The zero-order valence-electron chi connectivity index (χ0n) is 15.2. The molecule has 2 heterocycles. The number of carbonyl (C=O) groups is 2. The van der Waals surface area contributed by atoms with E-state index < -0.39 is 0 Å². The predicted molar refractivity (Wildman–Crippen MR) is 107 cm³/mol. The molecule has 3 aromatic rings. The first-order valence-corrected chi connectivity index (χ1v) is 9.69. The van der Waals surface area contributed by atoms with Gasteiger partial charge in [0.15, 0.2) is 0 Å². The number of hydrogen-bond donors (Lipinski definition) is 1. The third-order valence-corrected chi connectivity index (χ3v) is 5.70. The first-order chi connectivity index (χ1) is 13.5. The SMILES string of the molecule is COC(=O)c1ccc2[nH]c3c(c2c1)CN(C(=O)Cc1ccc(F)c(Br)c1)CC3. The Morgan fingerprint density at radius 2 is 2.07 bits per heavy atom. The molecule has 0 saturated heterocycles. The molecule has 0 radical (unpaired) electrons. The average molecular weight is 445 g/mol. The number of amides is 1. The molecule has 0 aliphatic carbocycles. The molecular weight excluding hydrogens is 427 g/mol. The van der Waals surface area contributed by atoms with Crippen LogP contribution >= 0.6 is 15.9 Å². The van der Waals surface area contributed by atoms with Crippen LogP contribution in [0, 0.1) is 5.82 Å². The highest BCUT2D eigenvalue weighted by Crippen LogP contribution is 2.29. The van der Waals surface area contributed by atoms with Crippen LogP contribution in [0.15, 0.2) is 40.9 Å². The van der Waals surface area contributed by atoms with Crippen LogP contribution < -0.4 is 0 Å². The Morgan fingerprint density at radius 3 is 2.82 bits per heavy atom. The number of hydrogen-bond acceptors (Lipinski definition) is 3. The van der Waals surface area contributed by atoms with E-state index in [-0.39, 0.29) is 24.1 Å². The maximum Gasteiger partial charge on any atom is 0.337 e. The first kappa shape index (κ1) is 18.7. The molecule has 28 heavy (non-hydrogen) atoms. The Morgan fingerprint density at radius 1 is 1.25 bits per heavy atom. The zero-order valence-corrected chi connectivity index (χ0v) is 16.8. The lowest BCUT2D eigenvalue weighted by Gasteiger charge is -2.27. The number of rotatable bonds is 3. The van der Waals surface area contributed by atoms with Crippen LogP contribution in [0.3, 0.4) is 0 Å². The highest BCUT2D eigenvalue weighted by molar-refractivity contribution is 9.10. The number of ether oxygens (including phenoxy) is 1. The van der Waals surface area contributed by atoms with E-state index in [1.165, 1.54) is 13.2 Å². The van der Waals surface area contributed by atoms with E-state index in [9.17, 15) is 14.0 Å². The number of H-pyrrole nitrogens is 1. The number of benzene rings is 2. The van der Waals surface area contributed by atoms with Gasteiger partial charge in [0.2, 0.25) is 5.91 Å². The molecule has 0 atom stereocenters. The maximum absolute atomic E-state index is 13.4. The molecule has 7 heteroatoms. The third-order valence-electron chi connectivity index (χ3n) is 5.09. The topological polar surface area (TPSA) is 62.4 Å².